The van der Waals surface area contributed by atoms with Crippen LogP contribution in [-0.4, -0.2) is 51.0 Å². The van der Waals surface area contributed by atoms with E-state index in [2.05, 4.69) is 15.7 Å². The maximum atomic E-state index is 13.9. The van der Waals surface area contributed by atoms with Gasteiger partial charge in [-0.05, 0) is 31.9 Å². The molecule has 1 saturated carbocycles. The molecule has 0 saturated heterocycles. The number of hydrogen-bond acceptors (Lipinski definition) is 4. The molecule has 4 rings (SSSR count). The lowest BCUT2D eigenvalue weighted by atomic mass is 9.92. The first-order valence-electron chi connectivity index (χ1n) is 10.6. The lowest BCUT2D eigenvalue weighted by Gasteiger charge is -2.41. The summed E-state index contributed by atoms with van der Waals surface area (Å²) in [6, 6.07) is 4.06. The summed E-state index contributed by atoms with van der Waals surface area (Å²) in [7, 11) is 1.54. The number of hydrogen-bond donors (Lipinski definition) is 2. The van der Waals surface area contributed by atoms with Crippen LogP contribution in [0.25, 0.3) is 0 Å². The molecule has 1 fully saturated rings. The number of carbonyl (C=O) groups excluding carboxylic acids is 3. The second-order valence-corrected chi connectivity index (χ2v) is 8.60. The van der Waals surface area contributed by atoms with Crippen LogP contribution < -0.4 is 10.6 Å². The number of carbonyl (C=O) groups is 3. The number of aromatic nitrogens is 2. The zero-order valence-corrected chi connectivity index (χ0v) is 18.0. The van der Waals surface area contributed by atoms with E-state index in [9.17, 15) is 23.2 Å². The van der Waals surface area contributed by atoms with Crippen LogP contribution in [0.5, 0.6) is 0 Å². The van der Waals surface area contributed by atoms with E-state index in [-0.39, 0.29) is 35.6 Å². The summed E-state index contributed by atoms with van der Waals surface area (Å²) in [5, 5.41) is 9.49. The lowest BCUT2D eigenvalue weighted by Crippen LogP contribution is -2.63. The van der Waals surface area contributed by atoms with E-state index in [0.717, 1.165) is 50.3 Å². The van der Waals surface area contributed by atoms with Crippen LogP contribution in [0.2, 0.25) is 0 Å². The highest BCUT2D eigenvalue weighted by Crippen LogP contribution is 2.27. The summed E-state index contributed by atoms with van der Waals surface area (Å²) in [5.74, 6) is -3.02. The number of nitrogens with one attached hydrogen (secondary N) is 2. The minimum absolute atomic E-state index is 0.0603. The van der Waals surface area contributed by atoms with E-state index in [1.165, 1.54) is 15.6 Å². The third kappa shape index (κ3) is 3.96. The van der Waals surface area contributed by atoms with Crippen molar-refractivity contribution in [3.63, 3.8) is 0 Å². The summed E-state index contributed by atoms with van der Waals surface area (Å²) in [4.78, 5) is 40.0. The van der Waals surface area contributed by atoms with Gasteiger partial charge in [0, 0.05) is 25.2 Å². The van der Waals surface area contributed by atoms with Gasteiger partial charge < -0.3 is 15.5 Å². The van der Waals surface area contributed by atoms with Crippen molar-refractivity contribution in [1.29, 1.82) is 0 Å². The Hall–Kier alpha value is -3.30. The fourth-order valence-electron chi connectivity index (χ4n) is 4.21. The lowest BCUT2D eigenvalue weighted by molar-refractivity contribution is -0.133. The van der Waals surface area contributed by atoms with Gasteiger partial charge in [0.2, 0.25) is 5.91 Å². The molecule has 2 heterocycles. The number of rotatable bonds is 4. The Balaban J connectivity index is 1.55. The van der Waals surface area contributed by atoms with Gasteiger partial charge in [0.25, 0.3) is 11.8 Å². The van der Waals surface area contributed by atoms with Gasteiger partial charge in [-0.25, -0.2) is 8.78 Å². The monoisotopic (exact) mass is 445 g/mol. The predicted octanol–water partition coefficient (Wildman–Crippen LogP) is 2.71. The molecule has 0 bridgehead atoms. The van der Waals surface area contributed by atoms with Crippen molar-refractivity contribution in [3.8, 4) is 0 Å². The minimum Gasteiger partial charge on any atom is -0.351 e. The van der Waals surface area contributed by atoms with E-state index in [0.29, 0.717) is 0 Å². The Morgan fingerprint density at radius 2 is 1.88 bits per heavy atom. The van der Waals surface area contributed by atoms with Crippen molar-refractivity contribution in [2.75, 3.05) is 12.4 Å². The molecular formula is C22H25F2N5O3. The van der Waals surface area contributed by atoms with Crippen LogP contribution in [0.4, 0.5) is 14.5 Å². The third-order valence-electron chi connectivity index (χ3n) is 6.34. The fourth-order valence-corrected chi connectivity index (χ4v) is 4.21. The molecule has 2 aliphatic rings. The van der Waals surface area contributed by atoms with Crippen molar-refractivity contribution >= 4 is 23.4 Å². The van der Waals surface area contributed by atoms with E-state index in [1.807, 2.05) is 0 Å². The number of fused-ring (bicyclic) bond motifs is 1. The molecule has 1 unspecified atom stereocenters. The van der Waals surface area contributed by atoms with Gasteiger partial charge in [0.1, 0.15) is 22.9 Å². The molecule has 1 aromatic carbocycles. The number of nitrogens with zero attached hydrogens (tertiary/aromatic N) is 3. The molecule has 2 aromatic rings. The Kier molecular flexibility index (Phi) is 5.70. The van der Waals surface area contributed by atoms with E-state index >= 15 is 0 Å². The first-order valence-corrected chi connectivity index (χ1v) is 10.6. The zero-order chi connectivity index (χ0) is 23.0. The molecule has 0 spiro atoms. The molecule has 1 aliphatic carbocycles. The average molecular weight is 445 g/mol. The van der Waals surface area contributed by atoms with Crippen LogP contribution in [-0.2, 0) is 11.3 Å². The normalized spacial score (nSPS) is 21.2. The third-order valence-corrected chi connectivity index (χ3v) is 6.34. The molecule has 1 aliphatic heterocycles. The molecule has 32 heavy (non-hydrogen) atoms. The van der Waals surface area contributed by atoms with Crippen LogP contribution in [0.1, 0.15) is 60.0 Å². The van der Waals surface area contributed by atoms with E-state index < -0.39 is 29.0 Å². The Labute approximate surface area is 184 Å². The molecule has 1 aromatic heterocycles. The summed E-state index contributed by atoms with van der Waals surface area (Å²) >= 11 is 0. The average Bonchev–Trinajstić information content (AvgIpc) is 3.19. The largest absolute Gasteiger partial charge is 0.351 e. The number of halogens is 2. The molecule has 0 radical (unpaired) electrons. The Morgan fingerprint density at radius 1 is 1.16 bits per heavy atom. The number of anilines is 1. The summed E-state index contributed by atoms with van der Waals surface area (Å²) in [6.45, 7) is 1.72. The van der Waals surface area contributed by atoms with Gasteiger partial charge in [-0.15, -0.1) is 0 Å². The highest BCUT2D eigenvalue weighted by atomic mass is 19.1. The maximum absolute atomic E-state index is 13.9. The van der Waals surface area contributed by atoms with Crippen LogP contribution in [0.3, 0.4) is 0 Å². The van der Waals surface area contributed by atoms with Gasteiger partial charge in [0.15, 0.2) is 5.69 Å². The van der Waals surface area contributed by atoms with Gasteiger partial charge in [-0.1, -0.05) is 19.3 Å². The summed E-state index contributed by atoms with van der Waals surface area (Å²) in [5.41, 5.74) is -1.51. The zero-order valence-electron chi connectivity index (χ0n) is 18.0. The number of benzene rings is 1. The quantitative estimate of drug-likeness (QED) is 0.756. The SMILES string of the molecule is CN1C(=O)c2cc(C(=O)Nc3cc(F)ccc3F)nn2CC1(C)C(=O)NC1CCCCC1. The first kappa shape index (κ1) is 21.9. The molecule has 3 amide bonds. The molecule has 2 N–H and O–H groups in total. The highest BCUT2D eigenvalue weighted by molar-refractivity contribution is 6.05. The van der Waals surface area contributed by atoms with Gasteiger partial charge >= 0.3 is 0 Å². The second-order valence-electron chi connectivity index (χ2n) is 8.60. The fraction of sp³-hybridized carbons (Fsp3) is 0.455. The van der Waals surface area contributed by atoms with Gasteiger partial charge in [0.05, 0.1) is 12.2 Å². The number of amides is 3. The van der Waals surface area contributed by atoms with Crippen molar-refractivity contribution in [2.24, 2.45) is 0 Å². The van der Waals surface area contributed by atoms with E-state index in [1.54, 1.807) is 14.0 Å². The number of likely N-dealkylation sites (N-methyl/N-ethyl adjacent to an activating group) is 1. The van der Waals surface area contributed by atoms with Crippen LogP contribution in [0, 0.1) is 11.6 Å². The highest BCUT2D eigenvalue weighted by Gasteiger charge is 2.46. The Bertz CT molecular complexity index is 1080. The van der Waals surface area contributed by atoms with Crippen molar-refractivity contribution in [2.45, 2.75) is 57.2 Å². The molecule has 170 valence electrons. The predicted molar refractivity (Wildman–Crippen MR) is 112 cm³/mol. The topological polar surface area (TPSA) is 96.3 Å². The molecule has 1 atom stereocenters. The summed E-state index contributed by atoms with van der Waals surface area (Å²) < 4.78 is 28.6. The van der Waals surface area contributed by atoms with Crippen LogP contribution >= 0.6 is 0 Å². The van der Waals surface area contributed by atoms with Gasteiger partial charge in [-0.3, -0.25) is 19.1 Å². The van der Waals surface area contributed by atoms with Crippen molar-refractivity contribution in [3.05, 3.63) is 47.3 Å². The standard InChI is InChI=1S/C22H25F2N5O3/c1-22(21(32)25-14-6-4-3-5-7-14)12-29-18(20(31)28(22)2)11-17(27-29)19(30)26-16-10-13(23)8-9-15(16)24/h8-11,14H,3-7,12H2,1-2H3,(H,25,32)(H,26,30). The summed E-state index contributed by atoms with van der Waals surface area (Å²) in [6.07, 6.45) is 5.10. The van der Waals surface area contributed by atoms with Crippen molar-refractivity contribution in [1.82, 2.24) is 20.0 Å². The molecular weight excluding hydrogens is 420 g/mol. The first-order chi connectivity index (χ1) is 15.2. The molecule has 10 heteroatoms. The molecule has 8 nitrogen and oxygen atoms in total. The van der Waals surface area contributed by atoms with Crippen LogP contribution in [0.15, 0.2) is 24.3 Å². The smallest absolute Gasteiger partial charge is 0.276 e. The van der Waals surface area contributed by atoms with E-state index in [4.69, 9.17) is 0 Å². The maximum Gasteiger partial charge on any atom is 0.276 e. The Morgan fingerprint density at radius 3 is 2.59 bits per heavy atom. The minimum atomic E-state index is -1.18. The second kappa shape index (κ2) is 8.33. The van der Waals surface area contributed by atoms with Gasteiger partial charge in [-0.2, -0.15) is 5.10 Å². The van der Waals surface area contributed by atoms with Crippen molar-refractivity contribution < 1.29 is 23.2 Å².